The highest BCUT2D eigenvalue weighted by Gasteiger charge is 2.09. The number of nitrogens with zero attached hydrogens (tertiary/aromatic N) is 3. The van der Waals surface area contributed by atoms with Crippen LogP contribution in [0.3, 0.4) is 0 Å². The van der Waals surface area contributed by atoms with E-state index >= 15 is 0 Å². The molecule has 0 amide bonds. The van der Waals surface area contributed by atoms with Crippen LogP contribution < -0.4 is 0 Å². The first-order valence-corrected chi connectivity index (χ1v) is 6.77. The van der Waals surface area contributed by atoms with E-state index in [1.807, 2.05) is 39.0 Å². The van der Waals surface area contributed by atoms with E-state index in [1.54, 1.807) is 23.0 Å². The van der Waals surface area contributed by atoms with Crippen molar-refractivity contribution in [3.8, 4) is 0 Å². The summed E-state index contributed by atoms with van der Waals surface area (Å²) in [5.74, 6) is -0.213. The molecule has 104 valence electrons. The number of hydrogen-bond acceptors (Lipinski definition) is 2. The number of benzene rings is 1. The lowest BCUT2D eigenvalue weighted by molar-refractivity contribution is 0.588. The van der Waals surface area contributed by atoms with Gasteiger partial charge in [-0.2, -0.15) is 5.10 Å². The smallest absolute Gasteiger partial charge is 0.158 e. The predicted octanol–water partition coefficient (Wildman–Crippen LogP) is 3.95. The largest absolute Gasteiger partial charge is 0.242 e. The Labute approximate surface area is 118 Å². The van der Waals surface area contributed by atoms with E-state index in [0.717, 1.165) is 16.7 Å². The van der Waals surface area contributed by atoms with E-state index in [0.29, 0.717) is 12.1 Å². The molecule has 0 aliphatic heterocycles. The third kappa shape index (κ3) is 2.69. The Balaban J connectivity index is 0.000000704. The van der Waals surface area contributed by atoms with Crippen molar-refractivity contribution < 1.29 is 4.39 Å². The number of aryl methyl sites for hydroxylation is 1. The highest BCUT2D eigenvalue weighted by Crippen LogP contribution is 2.17. The minimum atomic E-state index is -0.213. The van der Waals surface area contributed by atoms with Crippen LogP contribution in [0.2, 0.25) is 0 Å². The van der Waals surface area contributed by atoms with Gasteiger partial charge in [0.15, 0.2) is 5.65 Å². The lowest BCUT2D eigenvalue weighted by Crippen LogP contribution is -2.04. The Morgan fingerprint density at radius 1 is 1.10 bits per heavy atom. The van der Waals surface area contributed by atoms with Gasteiger partial charge in [0.25, 0.3) is 0 Å². The van der Waals surface area contributed by atoms with Gasteiger partial charge in [-0.15, -0.1) is 0 Å². The van der Waals surface area contributed by atoms with E-state index < -0.39 is 0 Å². The summed E-state index contributed by atoms with van der Waals surface area (Å²) in [6, 6.07) is 10.6. The minimum absolute atomic E-state index is 0.213. The van der Waals surface area contributed by atoms with Crippen molar-refractivity contribution in [2.24, 2.45) is 0 Å². The van der Waals surface area contributed by atoms with E-state index in [4.69, 9.17) is 0 Å². The molecular weight excluding hydrogens is 253 g/mol. The van der Waals surface area contributed by atoms with Crippen molar-refractivity contribution in [1.82, 2.24) is 14.8 Å². The van der Waals surface area contributed by atoms with Crippen molar-refractivity contribution >= 4 is 11.0 Å². The quantitative estimate of drug-likeness (QED) is 0.706. The molecule has 0 aliphatic rings. The summed E-state index contributed by atoms with van der Waals surface area (Å²) in [6.07, 6.45) is 1.72. The molecule has 0 radical (unpaired) electrons. The van der Waals surface area contributed by atoms with Crippen molar-refractivity contribution in [2.75, 3.05) is 0 Å². The topological polar surface area (TPSA) is 30.7 Å². The van der Waals surface area contributed by atoms with Gasteiger partial charge < -0.3 is 0 Å². The fraction of sp³-hybridized carbons (Fsp3) is 0.250. The molecule has 0 N–H and O–H groups in total. The first kappa shape index (κ1) is 14.2. The van der Waals surface area contributed by atoms with Gasteiger partial charge in [-0.05, 0) is 25.1 Å². The van der Waals surface area contributed by atoms with Gasteiger partial charge in [0.2, 0.25) is 0 Å². The van der Waals surface area contributed by atoms with E-state index in [-0.39, 0.29) is 5.82 Å². The highest BCUT2D eigenvalue weighted by molar-refractivity contribution is 5.77. The molecule has 0 unspecified atom stereocenters. The molecule has 2 aromatic heterocycles. The SMILES string of the molecule is CC.Cc1nn(Cc2ccccc2F)c2ncccc12. The molecule has 0 fully saturated rings. The van der Waals surface area contributed by atoms with Gasteiger partial charge in [0, 0.05) is 17.1 Å². The lowest BCUT2D eigenvalue weighted by Gasteiger charge is -2.04. The van der Waals surface area contributed by atoms with Crippen LogP contribution in [0.25, 0.3) is 11.0 Å². The fourth-order valence-electron chi connectivity index (χ4n) is 2.07. The van der Waals surface area contributed by atoms with Crippen LogP contribution in [-0.4, -0.2) is 14.8 Å². The molecule has 20 heavy (non-hydrogen) atoms. The lowest BCUT2D eigenvalue weighted by atomic mass is 10.2. The standard InChI is InChI=1S/C14H12FN3.C2H6/c1-10-12-6-4-8-16-14(12)18(17-10)9-11-5-2-3-7-13(11)15;1-2/h2-8H,9H2,1H3;1-2H3. The van der Waals surface area contributed by atoms with Crippen LogP contribution in [0.15, 0.2) is 42.6 Å². The molecule has 0 aliphatic carbocycles. The van der Waals surface area contributed by atoms with Crippen LogP contribution in [-0.2, 0) is 6.54 Å². The first-order valence-electron chi connectivity index (χ1n) is 6.77. The summed E-state index contributed by atoms with van der Waals surface area (Å²) < 4.78 is 15.4. The normalized spacial score (nSPS) is 10.2. The average Bonchev–Trinajstić information content (AvgIpc) is 2.81. The van der Waals surface area contributed by atoms with Crippen molar-refractivity contribution in [3.05, 3.63) is 59.7 Å². The zero-order valence-electron chi connectivity index (χ0n) is 12.0. The average molecular weight is 271 g/mol. The zero-order chi connectivity index (χ0) is 14.5. The molecule has 1 aromatic carbocycles. The van der Waals surface area contributed by atoms with Gasteiger partial charge in [0.05, 0.1) is 12.2 Å². The second kappa shape index (κ2) is 6.28. The molecule has 0 bridgehead atoms. The molecular formula is C16H18FN3. The summed E-state index contributed by atoms with van der Waals surface area (Å²) >= 11 is 0. The second-order valence-corrected chi connectivity index (χ2v) is 4.21. The van der Waals surface area contributed by atoms with Crippen molar-refractivity contribution in [3.63, 3.8) is 0 Å². The maximum Gasteiger partial charge on any atom is 0.158 e. The van der Waals surface area contributed by atoms with Gasteiger partial charge in [-0.25, -0.2) is 14.1 Å². The van der Waals surface area contributed by atoms with E-state index in [9.17, 15) is 4.39 Å². The van der Waals surface area contributed by atoms with Crippen LogP contribution in [0.4, 0.5) is 4.39 Å². The summed E-state index contributed by atoms with van der Waals surface area (Å²) in [6.45, 7) is 6.33. The molecule has 0 atom stereocenters. The number of fused-ring (bicyclic) bond motifs is 1. The van der Waals surface area contributed by atoms with E-state index in [1.165, 1.54) is 6.07 Å². The molecule has 0 saturated heterocycles. The predicted molar refractivity (Wildman–Crippen MR) is 79.1 cm³/mol. The molecule has 4 heteroatoms. The Morgan fingerprint density at radius 2 is 1.85 bits per heavy atom. The third-order valence-electron chi connectivity index (χ3n) is 2.97. The van der Waals surface area contributed by atoms with Gasteiger partial charge in [-0.3, -0.25) is 0 Å². The van der Waals surface area contributed by atoms with Crippen LogP contribution in [0, 0.1) is 12.7 Å². The monoisotopic (exact) mass is 271 g/mol. The molecule has 2 heterocycles. The molecule has 0 saturated carbocycles. The van der Waals surface area contributed by atoms with Crippen molar-refractivity contribution in [1.29, 1.82) is 0 Å². The third-order valence-corrected chi connectivity index (χ3v) is 2.97. The summed E-state index contributed by atoms with van der Waals surface area (Å²) in [4.78, 5) is 4.31. The Morgan fingerprint density at radius 3 is 2.60 bits per heavy atom. The summed E-state index contributed by atoms with van der Waals surface area (Å²) in [7, 11) is 0. The maximum atomic E-state index is 13.6. The van der Waals surface area contributed by atoms with Gasteiger partial charge in [-0.1, -0.05) is 32.0 Å². The van der Waals surface area contributed by atoms with Crippen molar-refractivity contribution in [2.45, 2.75) is 27.3 Å². The molecule has 3 rings (SSSR count). The van der Waals surface area contributed by atoms with Gasteiger partial charge in [0.1, 0.15) is 5.82 Å². The Bertz CT molecular complexity index is 704. The Kier molecular flexibility index (Phi) is 4.45. The fourth-order valence-corrected chi connectivity index (χ4v) is 2.07. The molecule has 3 aromatic rings. The number of pyridine rings is 1. The summed E-state index contributed by atoms with van der Waals surface area (Å²) in [5, 5.41) is 5.42. The van der Waals surface area contributed by atoms with Crippen LogP contribution >= 0.6 is 0 Å². The van der Waals surface area contributed by atoms with Gasteiger partial charge >= 0.3 is 0 Å². The number of rotatable bonds is 2. The number of halogens is 1. The minimum Gasteiger partial charge on any atom is -0.242 e. The maximum absolute atomic E-state index is 13.6. The number of hydrogen-bond donors (Lipinski definition) is 0. The number of aromatic nitrogens is 3. The second-order valence-electron chi connectivity index (χ2n) is 4.21. The zero-order valence-corrected chi connectivity index (χ0v) is 12.0. The van der Waals surface area contributed by atoms with Crippen LogP contribution in [0.5, 0.6) is 0 Å². The Hall–Kier alpha value is -2.23. The van der Waals surface area contributed by atoms with E-state index in [2.05, 4.69) is 10.1 Å². The molecule has 3 nitrogen and oxygen atoms in total. The first-order chi connectivity index (χ1) is 9.75. The summed E-state index contributed by atoms with van der Waals surface area (Å²) in [5.41, 5.74) is 2.32. The van der Waals surface area contributed by atoms with Crippen LogP contribution in [0.1, 0.15) is 25.1 Å². The molecule has 0 spiro atoms. The highest BCUT2D eigenvalue weighted by atomic mass is 19.1.